The first-order valence-corrected chi connectivity index (χ1v) is 6.90. The van der Waals surface area contributed by atoms with E-state index in [9.17, 15) is 0 Å². The second kappa shape index (κ2) is 5.17. The van der Waals surface area contributed by atoms with Gasteiger partial charge in [0.05, 0.1) is 6.20 Å². The molecule has 1 atom stereocenters. The van der Waals surface area contributed by atoms with Gasteiger partial charge in [0, 0.05) is 49.7 Å². The van der Waals surface area contributed by atoms with E-state index in [0.717, 1.165) is 32.0 Å². The van der Waals surface area contributed by atoms with Crippen molar-refractivity contribution in [2.45, 2.75) is 32.9 Å². The Balaban J connectivity index is 1.56. The maximum Gasteiger partial charge on any atom is 0.108 e. The van der Waals surface area contributed by atoms with Crippen molar-refractivity contribution in [2.24, 2.45) is 5.92 Å². The van der Waals surface area contributed by atoms with Crippen molar-refractivity contribution in [1.29, 1.82) is 0 Å². The summed E-state index contributed by atoms with van der Waals surface area (Å²) in [6, 6.07) is 0. The van der Waals surface area contributed by atoms with Crippen LogP contribution in [-0.4, -0.2) is 38.2 Å². The summed E-state index contributed by atoms with van der Waals surface area (Å²) in [5, 5.41) is 7.08. The Bertz CT molecular complexity index is 542. The fourth-order valence-corrected chi connectivity index (χ4v) is 2.92. The van der Waals surface area contributed by atoms with E-state index in [1.165, 1.54) is 23.5 Å². The molecule has 0 fully saturated rings. The zero-order valence-electron chi connectivity index (χ0n) is 11.6. The molecule has 0 saturated carbocycles. The van der Waals surface area contributed by atoms with Crippen molar-refractivity contribution in [2.75, 3.05) is 13.6 Å². The summed E-state index contributed by atoms with van der Waals surface area (Å²) in [5.74, 6) is 1.96. The highest BCUT2D eigenvalue weighted by molar-refractivity contribution is 5.13. The molecule has 0 unspecified atom stereocenters. The van der Waals surface area contributed by atoms with Gasteiger partial charge in [0.1, 0.15) is 5.82 Å². The Kier molecular flexibility index (Phi) is 3.38. The number of aromatic amines is 1. The Hall–Kier alpha value is -1.62. The monoisotopic (exact) mass is 259 g/mol. The van der Waals surface area contributed by atoms with Crippen LogP contribution in [0.15, 0.2) is 18.6 Å². The molecule has 3 rings (SSSR count). The van der Waals surface area contributed by atoms with Crippen molar-refractivity contribution in [3.8, 4) is 0 Å². The highest BCUT2D eigenvalue weighted by atomic mass is 15.1. The largest absolute Gasteiger partial charge is 0.335 e. The van der Waals surface area contributed by atoms with E-state index >= 15 is 0 Å². The summed E-state index contributed by atoms with van der Waals surface area (Å²) in [6.45, 7) is 5.27. The summed E-state index contributed by atoms with van der Waals surface area (Å²) in [4.78, 5) is 6.77. The topological polar surface area (TPSA) is 49.7 Å². The molecule has 19 heavy (non-hydrogen) atoms. The third kappa shape index (κ3) is 2.71. The molecule has 1 aliphatic rings. The second-order valence-electron chi connectivity index (χ2n) is 5.62. The van der Waals surface area contributed by atoms with E-state index in [0.29, 0.717) is 0 Å². The van der Waals surface area contributed by atoms with Crippen molar-refractivity contribution in [1.82, 2.24) is 24.6 Å². The second-order valence-corrected chi connectivity index (χ2v) is 5.62. The number of aryl methyl sites for hydroxylation is 2. The molecule has 0 bridgehead atoms. The maximum absolute atomic E-state index is 4.38. The lowest BCUT2D eigenvalue weighted by atomic mass is 9.99. The summed E-state index contributed by atoms with van der Waals surface area (Å²) < 4.78 is 2.30. The lowest BCUT2D eigenvalue weighted by Gasteiger charge is -2.28. The van der Waals surface area contributed by atoms with Crippen molar-refractivity contribution < 1.29 is 0 Å². The number of aromatic nitrogens is 4. The van der Waals surface area contributed by atoms with Gasteiger partial charge in [0.15, 0.2) is 0 Å². The molecule has 0 aliphatic carbocycles. The lowest BCUT2D eigenvalue weighted by Crippen LogP contribution is -2.31. The predicted molar refractivity (Wildman–Crippen MR) is 73.7 cm³/mol. The lowest BCUT2D eigenvalue weighted by molar-refractivity contribution is 0.229. The molecule has 0 amide bonds. The average molecular weight is 259 g/mol. The quantitative estimate of drug-likeness (QED) is 0.907. The molecule has 0 spiro atoms. The average Bonchev–Trinajstić information content (AvgIpc) is 2.98. The van der Waals surface area contributed by atoms with Crippen LogP contribution in [-0.2, 0) is 19.5 Å². The minimum absolute atomic E-state index is 0.721. The highest BCUT2D eigenvalue weighted by Crippen LogP contribution is 2.20. The molecule has 0 radical (unpaired) electrons. The predicted octanol–water partition coefficient (Wildman–Crippen LogP) is 1.61. The van der Waals surface area contributed by atoms with E-state index in [4.69, 9.17) is 0 Å². The molecule has 5 heteroatoms. The SMILES string of the molecule is Cc1[nH]ncc1CN(C)C[C@H]1CCc2nccn2C1. The van der Waals surface area contributed by atoms with Gasteiger partial charge in [0.25, 0.3) is 0 Å². The number of H-pyrrole nitrogens is 1. The summed E-state index contributed by atoms with van der Waals surface area (Å²) >= 11 is 0. The van der Waals surface area contributed by atoms with Crippen LogP contribution in [0.1, 0.15) is 23.5 Å². The highest BCUT2D eigenvalue weighted by Gasteiger charge is 2.20. The maximum atomic E-state index is 4.38. The summed E-state index contributed by atoms with van der Waals surface area (Å²) in [5.41, 5.74) is 2.47. The third-order valence-corrected chi connectivity index (χ3v) is 3.98. The van der Waals surface area contributed by atoms with Crippen LogP contribution in [0.2, 0.25) is 0 Å². The number of hydrogen-bond donors (Lipinski definition) is 1. The van der Waals surface area contributed by atoms with Gasteiger partial charge in [-0.1, -0.05) is 0 Å². The van der Waals surface area contributed by atoms with E-state index in [-0.39, 0.29) is 0 Å². The minimum atomic E-state index is 0.721. The van der Waals surface area contributed by atoms with Crippen LogP contribution in [0.25, 0.3) is 0 Å². The number of fused-ring (bicyclic) bond motifs is 1. The molecule has 102 valence electrons. The number of nitrogens with zero attached hydrogens (tertiary/aromatic N) is 4. The standard InChI is InChI=1S/C14H21N5/c1-11-13(7-16-17-11)10-18(2)8-12-3-4-14-15-5-6-19(14)9-12/h5-7,12H,3-4,8-10H2,1-2H3,(H,16,17)/t12-/m1/s1. The van der Waals surface area contributed by atoms with Crippen molar-refractivity contribution in [3.05, 3.63) is 35.7 Å². The van der Waals surface area contributed by atoms with Gasteiger partial charge in [-0.3, -0.25) is 5.10 Å². The Labute approximate surface area is 113 Å². The summed E-state index contributed by atoms with van der Waals surface area (Å²) in [6.07, 6.45) is 8.29. The fraction of sp³-hybridized carbons (Fsp3) is 0.571. The molecule has 1 N–H and O–H groups in total. The first kappa shape index (κ1) is 12.4. The molecule has 2 aromatic heterocycles. The van der Waals surface area contributed by atoms with Gasteiger partial charge in [-0.25, -0.2) is 4.98 Å². The van der Waals surface area contributed by atoms with Gasteiger partial charge in [-0.2, -0.15) is 5.10 Å². The zero-order valence-corrected chi connectivity index (χ0v) is 11.6. The van der Waals surface area contributed by atoms with Gasteiger partial charge >= 0.3 is 0 Å². The molecular weight excluding hydrogens is 238 g/mol. The molecule has 0 saturated heterocycles. The van der Waals surface area contributed by atoms with Crippen LogP contribution in [0.4, 0.5) is 0 Å². The number of imidazole rings is 1. The van der Waals surface area contributed by atoms with Crippen LogP contribution < -0.4 is 0 Å². The fourth-order valence-electron chi connectivity index (χ4n) is 2.92. The normalized spacial score (nSPS) is 18.8. The van der Waals surface area contributed by atoms with Crippen LogP contribution in [0.5, 0.6) is 0 Å². The van der Waals surface area contributed by atoms with E-state index in [2.05, 4.69) is 44.8 Å². The Morgan fingerprint density at radius 1 is 1.53 bits per heavy atom. The smallest absolute Gasteiger partial charge is 0.108 e. The van der Waals surface area contributed by atoms with Gasteiger partial charge in [0.2, 0.25) is 0 Å². The molecule has 5 nitrogen and oxygen atoms in total. The molecular formula is C14H21N5. The zero-order chi connectivity index (χ0) is 13.2. The molecule has 3 heterocycles. The van der Waals surface area contributed by atoms with Gasteiger partial charge < -0.3 is 9.47 Å². The van der Waals surface area contributed by atoms with E-state index in [1.807, 2.05) is 12.4 Å². The molecule has 0 aromatic carbocycles. The van der Waals surface area contributed by atoms with E-state index < -0.39 is 0 Å². The van der Waals surface area contributed by atoms with Crippen LogP contribution in [0, 0.1) is 12.8 Å². The Morgan fingerprint density at radius 3 is 3.21 bits per heavy atom. The third-order valence-electron chi connectivity index (χ3n) is 3.98. The molecule has 2 aromatic rings. The first-order chi connectivity index (χ1) is 9.22. The van der Waals surface area contributed by atoms with Crippen LogP contribution >= 0.6 is 0 Å². The summed E-state index contributed by atoms with van der Waals surface area (Å²) in [7, 11) is 2.19. The van der Waals surface area contributed by atoms with E-state index in [1.54, 1.807) is 0 Å². The number of hydrogen-bond acceptors (Lipinski definition) is 3. The van der Waals surface area contributed by atoms with Gasteiger partial charge in [-0.05, 0) is 26.3 Å². The number of nitrogens with one attached hydrogen (secondary N) is 1. The number of rotatable bonds is 4. The van der Waals surface area contributed by atoms with Crippen LogP contribution in [0.3, 0.4) is 0 Å². The van der Waals surface area contributed by atoms with Gasteiger partial charge in [-0.15, -0.1) is 0 Å². The minimum Gasteiger partial charge on any atom is -0.335 e. The molecule has 1 aliphatic heterocycles. The first-order valence-electron chi connectivity index (χ1n) is 6.90. The van der Waals surface area contributed by atoms with Crippen molar-refractivity contribution >= 4 is 0 Å². The van der Waals surface area contributed by atoms with Crippen molar-refractivity contribution in [3.63, 3.8) is 0 Å². The Morgan fingerprint density at radius 2 is 2.42 bits per heavy atom.